The van der Waals surface area contributed by atoms with Gasteiger partial charge in [-0.3, -0.25) is 4.79 Å². The normalized spacial score (nSPS) is 24.4. The molecule has 0 aromatic heterocycles. The summed E-state index contributed by atoms with van der Waals surface area (Å²) < 4.78 is 43.3. The third-order valence-electron chi connectivity index (χ3n) is 3.00. The van der Waals surface area contributed by atoms with E-state index in [-0.39, 0.29) is 6.54 Å². The number of ether oxygens (including phenoxy) is 1. The molecule has 0 bridgehead atoms. The number of halogens is 3. The minimum Gasteiger partial charge on any atom is -0.481 e. The summed E-state index contributed by atoms with van der Waals surface area (Å²) in [6.45, 7) is 4.23. The van der Waals surface area contributed by atoms with Gasteiger partial charge in [-0.15, -0.1) is 0 Å². The van der Waals surface area contributed by atoms with Crippen LogP contribution in [0.3, 0.4) is 0 Å². The molecule has 1 rings (SSSR count). The average molecular weight is 297 g/mol. The molecule has 2 atom stereocenters. The predicted octanol–water partition coefficient (Wildman–Crippen LogP) is 2.51. The number of nitrogens with zero attached hydrogens (tertiary/aromatic N) is 1. The zero-order valence-electron chi connectivity index (χ0n) is 11.5. The van der Waals surface area contributed by atoms with Crippen LogP contribution in [0.1, 0.15) is 27.2 Å². The van der Waals surface area contributed by atoms with E-state index < -0.39 is 48.6 Å². The molecule has 0 aromatic rings. The largest absolute Gasteiger partial charge is 0.481 e. The number of amides is 1. The summed E-state index contributed by atoms with van der Waals surface area (Å²) in [4.78, 5) is 23.8. The van der Waals surface area contributed by atoms with Crippen molar-refractivity contribution in [3.63, 3.8) is 0 Å². The number of alkyl halides is 3. The first-order valence-corrected chi connectivity index (χ1v) is 6.19. The molecule has 1 aliphatic heterocycles. The minimum atomic E-state index is -4.58. The molecule has 2 unspecified atom stereocenters. The minimum absolute atomic E-state index is 0.164. The van der Waals surface area contributed by atoms with Crippen LogP contribution in [0.15, 0.2) is 0 Å². The Balaban J connectivity index is 2.79. The molecule has 0 spiro atoms. The molecule has 1 amide bonds. The van der Waals surface area contributed by atoms with E-state index in [4.69, 9.17) is 9.84 Å². The number of rotatable bonds is 1. The predicted molar refractivity (Wildman–Crippen MR) is 63.1 cm³/mol. The lowest BCUT2D eigenvalue weighted by Gasteiger charge is -2.37. The van der Waals surface area contributed by atoms with Crippen LogP contribution < -0.4 is 0 Å². The lowest BCUT2D eigenvalue weighted by molar-refractivity contribution is -0.206. The summed E-state index contributed by atoms with van der Waals surface area (Å²) in [5.74, 6) is -5.14. The van der Waals surface area contributed by atoms with E-state index in [9.17, 15) is 22.8 Å². The molecular weight excluding hydrogens is 279 g/mol. The number of likely N-dealkylation sites (tertiary alicyclic amines) is 1. The van der Waals surface area contributed by atoms with Crippen molar-refractivity contribution in [2.75, 3.05) is 13.1 Å². The molecule has 1 heterocycles. The van der Waals surface area contributed by atoms with E-state index in [0.29, 0.717) is 0 Å². The van der Waals surface area contributed by atoms with Gasteiger partial charge in [0.25, 0.3) is 0 Å². The van der Waals surface area contributed by atoms with Gasteiger partial charge < -0.3 is 14.7 Å². The van der Waals surface area contributed by atoms with Crippen molar-refractivity contribution in [2.45, 2.75) is 39.0 Å². The summed E-state index contributed by atoms with van der Waals surface area (Å²) in [6.07, 6.45) is -5.80. The zero-order chi connectivity index (χ0) is 15.7. The molecule has 1 saturated heterocycles. The number of carbonyl (C=O) groups is 2. The summed E-state index contributed by atoms with van der Waals surface area (Å²) in [5.41, 5.74) is -0.781. The molecule has 116 valence electrons. The van der Waals surface area contributed by atoms with E-state index in [1.165, 1.54) is 0 Å². The maximum atomic E-state index is 12.8. The van der Waals surface area contributed by atoms with Crippen LogP contribution in [0.5, 0.6) is 0 Å². The molecular formula is C12H18F3NO4. The number of carboxylic acid groups (broad SMARTS) is 1. The first-order valence-electron chi connectivity index (χ1n) is 6.19. The van der Waals surface area contributed by atoms with Crippen LogP contribution in [-0.2, 0) is 9.53 Å². The second kappa shape index (κ2) is 5.49. The molecule has 1 aliphatic rings. The van der Waals surface area contributed by atoms with E-state index in [2.05, 4.69) is 0 Å². The number of hydrogen-bond acceptors (Lipinski definition) is 3. The third-order valence-corrected chi connectivity index (χ3v) is 3.00. The quantitative estimate of drug-likeness (QED) is 0.807. The summed E-state index contributed by atoms with van der Waals surface area (Å²) in [6, 6.07) is 0. The van der Waals surface area contributed by atoms with Gasteiger partial charge in [0.1, 0.15) is 5.60 Å². The summed E-state index contributed by atoms with van der Waals surface area (Å²) in [5, 5.41) is 8.93. The molecule has 20 heavy (non-hydrogen) atoms. The summed E-state index contributed by atoms with van der Waals surface area (Å²) >= 11 is 0. The van der Waals surface area contributed by atoms with Crippen molar-refractivity contribution < 1.29 is 32.6 Å². The molecule has 0 saturated carbocycles. The number of carbonyl (C=O) groups excluding carboxylic acids is 1. The van der Waals surface area contributed by atoms with Crippen LogP contribution in [0, 0.1) is 11.8 Å². The smallest absolute Gasteiger partial charge is 0.410 e. The van der Waals surface area contributed by atoms with Crippen LogP contribution in [0.2, 0.25) is 0 Å². The SMILES string of the molecule is CC(C)(C)OC(=O)N1CCC(C(F)(F)F)C(C(=O)O)C1. The monoisotopic (exact) mass is 297 g/mol. The van der Waals surface area contributed by atoms with Crippen molar-refractivity contribution in [1.82, 2.24) is 4.90 Å². The fourth-order valence-electron chi connectivity index (χ4n) is 2.09. The first kappa shape index (κ1) is 16.6. The van der Waals surface area contributed by atoms with Crippen molar-refractivity contribution in [1.29, 1.82) is 0 Å². The topological polar surface area (TPSA) is 66.8 Å². The van der Waals surface area contributed by atoms with E-state index >= 15 is 0 Å². The maximum Gasteiger partial charge on any atom is 0.410 e. The van der Waals surface area contributed by atoms with Crippen LogP contribution >= 0.6 is 0 Å². The van der Waals surface area contributed by atoms with Crippen molar-refractivity contribution in [3.05, 3.63) is 0 Å². The van der Waals surface area contributed by atoms with Gasteiger partial charge in [0.2, 0.25) is 0 Å². The lowest BCUT2D eigenvalue weighted by Crippen LogP contribution is -2.51. The Morgan fingerprint density at radius 2 is 1.80 bits per heavy atom. The van der Waals surface area contributed by atoms with Gasteiger partial charge >= 0.3 is 18.2 Å². The van der Waals surface area contributed by atoms with E-state index in [0.717, 1.165) is 4.90 Å². The first-order chi connectivity index (χ1) is 8.92. The van der Waals surface area contributed by atoms with Crippen LogP contribution in [0.25, 0.3) is 0 Å². The van der Waals surface area contributed by atoms with Crippen LogP contribution in [0.4, 0.5) is 18.0 Å². The van der Waals surface area contributed by atoms with Crippen LogP contribution in [-0.4, -0.2) is 46.9 Å². The number of carboxylic acids is 1. The van der Waals surface area contributed by atoms with Gasteiger partial charge in [-0.25, -0.2) is 4.79 Å². The Morgan fingerprint density at radius 3 is 2.20 bits per heavy atom. The summed E-state index contributed by atoms with van der Waals surface area (Å²) in [7, 11) is 0. The highest BCUT2D eigenvalue weighted by atomic mass is 19.4. The molecule has 8 heteroatoms. The number of aliphatic carboxylic acids is 1. The van der Waals surface area contributed by atoms with Crippen molar-refractivity contribution >= 4 is 12.1 Å². The highest BCUT2D eigenvalue weighted by Gasteiger charge is 2.50. The molecule has 1 fully saturated rings. The third kappa shape index (κ3) is 4.28. The Hall–Kier alpha value is -1.47. The van der Waals surface area contributed by atoms with Gasteiger partial charge in [-0.2, -0.15) is 13.2 Å². The number of piperidine rings is 1. The second-order valence-electron chi connectivity index (χ2n) is 5.81. The highest BCUT2D eigenvalue weighted by Crippen LogP contribution is 2.38. The Morgan fingerprint density at radius 1 is 1.25 bits per heavy atom. The fourth-order valence-corrected chi connectivity index (χ4v) is 2.09. The van der Waals surface area contributed by atoms with E-state index in [1.807, 2.05) is 0 Å². The Kier molecular flexibility index (Phi) is 4.55. The lowest BCUT2D eigenvalue weighted by atomic mass is 9.85. The van der Waals surface area contributed by atoms with Gasteiger partial charge in [-0.05, 0) is 27.2 Å². The second-order valence-corrected chi connectivity index (χ2v) is 5.81. The molecule has 0 aromatic carbocycles. The Bertz CT molecular complexity index is 389. The molecule has 0 radical (unpaired) electrons. The van der Waals surface area contributed by atoms with Gasteiger partial charge in [0.15, 0.2) is 0 Å². The fraction of sp³-hybridized carbons (Fsp3) is 0.833. The Labute approximate surface area is 114 Å². The zero-order valence-corrected chi connectivity index (χ0v) is 11.5. The van der Waals surface area contributed by atoms with Crippen molar-refractivity contribution in [3.8, 4) is 0 Å². The molecule has 0 aliphatic carbocycles. The van der Waals surface area contributed by atoms with Gasteiger partial charge in [-0.1, -0.05) is 0 Å². The van der Waals surface area contributed by atoms with Crippen molar-refractivity contribution in [2.24, 2.45) is 11.8 Å². The maximum absolute atomic E-state index is 12.8. The van der Waals surface area contributed by atoms with Gasteiger partial charge in [0.05, 0.1) is 11.8 Å². The standard InChI is InChI=1S/C12H18F3NO4/c1-11(2,3)20-10(19)16-5-4-8(12(13,14)15)7(6-16)9(17)18/h7-8H,4-6H2,1-3H3,(H,17,18). The van der Waals surface area contributed by atoms with Gasteiger partial charge in [0, 0.05) is 13.1 Å². The van der Waals surface area contributed by atoms with E-state index in [1.54, 1.807) is 20.8 Å². The molecule has 5 nitrogen and oxygen atoms in total. The average Bonchev–Trinajstić information content (AvgIpc) is 2.24. The molecule has 1 N–H and O–H groups in total. The highest BCUT2D eigenvalue weighted by molar-refractivity contribution is 5.73. The number of hydrogen-bond donors (Lipinski definition) is 1.